The first-order chi connectivity index (χ1) is 6.11. The van der Waals surface area contributed by atoms with Crippen molar-refractivity contribution in [3.63, 3.8) is 0 Å². The van der Waals surface area contributed by atoms with Crippen molar-refractivity contribution >= 4 is 27.5 Å². The number of halogens is 2. The van der Waals surface area contributed by atoms with Crippen molar-refractivity contribution < 1.29 is 9.47 Å². The lowest BCUT2D eigenvalue weighted by atomic mass is 10.2. The van der Waals surface area contributed by atoms with E-state index < -0.39 is 0 Å². The number of ether oxygens (including phenoxy) is 2. The van der Waals surface area contributed by atoms with Gasteiger partial charge in [-0.3, -0.25) is 0 Å². The fourth-order valence-corrected chi connectivity index (χ4v) is 1.89. The standard InChI is InChI=1S/C9H10BrClO2/c1-5-6(11)4-7(12-2)9(13-3)8(5)10/h4H,1-3H3. The Morgan fingerprint density at radius 1 is 1.31 bits per heavy atom. The second-order valence-corrected chi connectivity index (χ2v) is 3.73. The fourth-order valence-electron chi connectivity index (χ4n) is 1.01. The third-order valence-corrected chi connectivity index (χ3v) is 3.14. The number of rotatable bonds is 2. The Morgan fingerprint density at radius 3 is 2.38 bits per heavy atom. The van der Waals surface area contributed by atoms with Crippen LogP contribution in [0.4, 0.5) is 0 Å². The molecule has 0 saturated carbocycles. The second-order valence-electron chi connectivity index (χ2n) is 2.53. The van der Waals surface area contributed by atoms with Crippen LogP contribution >= 0.6 is 27.5 Å². The van der Waals surface area contributed by atoms with Crippen LogP contribution in [0, 0.1) is 6.92 Å². The molecule has 0 radical (unpaired) electrons. The highest BCUT2D eigenvalue weighted by molar-refractivity contribution is 9.10. The monoisotopic (exact) mass is 264 g/mol. The van der Waals surface area contributed by atoms with Gasteiger partial charge in [0.2, 0.25) is 0 Å². The summed E-state index contributed by atoms with van der Waals surface area (Å²) in [5.41, 5.74) is 0.944. The molecule has 13 heavy (non-hydrogen) atoms. The lowest BCUT2D eigenvalue weighted by Crippen LogP contribution is -1.93. The summed E-state index contributed by atoms with van der Waals surface area (Å²) >= 11 is 9.35. The maximum absolute atomic E-state index is 5.96. The molecular formula is C9H10BrClO2. The summed E-state index contributed by atoms with van der Waals surface area (Å²) in [6, 6.07) is 1.74. The quantitative estimate of drug-likeness (QED) is 0.816. The Morgan fingerprint density at radius 2 is 1.92 bits per heavy atom. The van der Waals surface area contributed by atoms with Crippen molar-refractivity contribution in [2.24, 2.45) is 0 Å². The maximum atomic E-state index is 5.96. The molecule has 0 saturated heterocycles. The third kappa shape index (κ3) is 1.92. The van der Waals surface area contributed by atoms with Gasteiger partial charge in [-0.2, -0.15) is 0 Å². The van der Waals surface area contributed by atoms with Crippen LogP contribution in [-0.4, -0.2) is 14.2 Å². The summed E-state index contributed by atoms with van der Waals surface area (Å²) < 4.78 is 11.1. The molecular weight excluding hydrogens is 255 g/mol. The Kier molecular flexibility index (Phi) is 3.45. The van der Waals surface area contributed by atoms with Crippen molar-refractivity contribution in [3.8, 4) is 11.5 Å². The molecule has 2 nitrogen and oxygen atoms in total. The van der Waals surface area contributed by atoms with E-state index in [1.54, 1.807) is 20.3 Å². The third-order valence-electron chi connectivity index (χ3n) is 1.79. The van der Waals surface area contributed by atoms with Crippen LogP contribution < -0.4 is 9.47 Å². The van der Waals surface area contributed by atoms with Gasteiger partial charge in [0.1, 0.15) is 0 Å². The zero-order chi connectivity index (χ0) is 10.0. The minimum atomic E-state index is 0.630. The molecule has 1 aromatic rings. The Bertz CT molecular complexity index is 326. The molecule has 72 valence electrons. The van der Waals surface area contributed by atoms with Gasteiger partial charge >= 0.3 is 0 Å². The smallest absolute Gasteiger partial charge is 0.175 e. The Balaban J connectivity index is 3.39. The van der Waals surface area contributed by atoms with Crippen molar-refractivity contribution in [1.82, 2.24) is 0 Å². The van der Waals surface area contributed by atoms with E-state index in [9.17, 15) is 0 Å². The van der Waals surface area contributed by atoms with Gasteiger partial charge in [-0.05, 0) is 28.4 Å². The van der Waals surface area contributed by atoms with Crippen LogP contribution in [-0.2, 0) is 0 Å². The number of methoxy groups -OCH3 is 2. The van der Waals surface area contributed by atoms with Gasteiger partial charge in [-0.15, -0.1) is 0 Å². The van der Waals surface area contributed by atoms with E-state index in [2.05, 4.69) is 15.9 Å². The summed E-state index contributed by atoms with van der Waals surface area (Å²) in [5.74, 6) is 1.30. The van der Waals surface area contributed by atoms with E-state index in [0.29, 0.717) is 16.5 Å². The molecule has 0 atom stereocenters. The van der Waals surface area contributed by atoms with Crippen LogP contribution in [0.25, 0.3) is 0 Å². The summed E-state index contributed by atoms with van der Waals surface area (Å²) in [6.07, 6.45) is 0. The van der Waals surface area contributed by atoms with E-state index in [1.165, 1.54) is 0 Å². The number of hydrogen-bond acceptors (Lipinski definition) is 2. The lowest BCUT2D eigenvalue weighted by molar-refractivity contribution is 0.353. The van der Waals surface area contributed by atoms with Crippen LogP contribution in [0.5, 0.6) is 11.5 Å². The average molecular weight is 266 g/mol. The minimum Gasteiger partial charge on any atom is -0.493 e. The fraction of sp³-hybridized carbons (Fsp3) is 0.333. The molecule has 0 spiro atoms. The van der Waals surface area contributed by atoms with Gasteiger partial charge < -0.3 is 9.47 Å². The molecule has 4 heteroatoms. The normalized spacial score (nSPS) is 9.92. The lowest BCUT2D eigenvalue weighted by Gasteiger charge is -2.12. The average Bonchev–Trinajstić information content (AvgIpc) is 2.13. The summed E-state index contributed by atoms with van der Waals surface area (Å²) in [6.45, 7) is 1.91. The second kappa shape index (κ2) is 4.20. The number of hydrogen-bond donors (Lipinski definition) is 0. The van der Waals surface area contributed by atoms with E-state index >= 15 is 0 Å². The zero-order valence-corrected chi connectivity index (χ0v) is 9.99. The molecule has 0 amide bonds. The first kappa shape index (κ1) is 10.7. The molecule has 0 heterocycles. The molecule has 0 aliphatic rings. The number of benzene rings is 1. The highest BCUT2D eigenvalue weighted by atomic mass is 79.9. The zero-order valence-electron chi connectivity index (χ0n) is 7.65. The molecule has 0 N–H and O–H groups in total. The highest BCUT2D eigenvalue weighted by Gasteiger charge is 2.13. The Labute approximate surface area is 90.9 Å². The van der Waals surface area contributed by atoms with Gasteiger partial charge in [0.25, 0.3) is 0 Å². The largest absolute Gasteiger partial charge is 0.493 e. The summed E-state index contributed by atoms with van der Waals surface area (Å²) in [5, 5.41) is 0.657. The van der Waals surface area contributed by atoms with Crippen LogP contribution in [0.1, 0.15) is 5.56 Å². The van der Waals surface area contributed by atoms with Gasteiger partial charge in [0.05, 0.1) is 18.7 Å². The topological polar surface area (TPSA) is 18.5 Å². The SMILES string of the molecule is COc1cc(Cl)c(C)c(Br)c1OC. The Hall–Kier alpha value is -0.410. The van der Waals surface area contributed by atoms with Crippen LogP contribution in [0.2, 0.25) is 5.02 Å². The van der Waals surface area contributed by atoms with Crippen LogP contribution in [0.3, 0.4) is 0 Å². The molecule has 0 unspecified atom stereocenters. The highest BCUT2D eigenvalue weighted by Crippen LogP contribution is 2.40. The molecule has 0 aliphatic carbocycles. The molecule has 0 bridgehead atoms. The van der Waals surface area contributed by atoms with Crippen molar-refractivity contribution in [3.05, 3.63) is 21.1 Å². The molecule has 1 rings (SSSR count). The van der Waals surface area contributed by atoms with Crippen molar-refractivity contribution in [2.75, 3.05) is 14.2 Å². The van der Waals surface area contributed by atoms with Gasteiger partial charge in [-0.25, -0.2) is 0 Å². The summed E-state index contributed by atoms with van der Waals surface area (Å²) in [4.78, 5) is 0. The van der Waals surface area contributed by atoms with Crippen molar-refractivity contribution in [1.29, 1.82) is 0 Å². The van der Waals surface area contributed by atoms with Crippen LogP contribution in [0.15, 0.2) is 10.5 Å². The van der Waals surface area contributed by atoms with E-state index in [-0.39, 0.29) is 0 Å². The van der Waals surface area contributed by atoms with Gasteiger partial charge in [0, 0.05) is 11.1 Å². The summed E-state index contributed by atoms with van der Waals surface area (Å²) in [7, 11) is 3.17. The van der Waals surface area contributed by atoms with E-state index in [1.807, 2.05) is 6.92 Å². The van der Waals surface area contributed by atoms with Gasteiger partial charge in [0.15, 0.2) is 11.5 Å². The first-order valence-electron chi connectivity index (χ1n) is 3.68. The predicted octanol–water partition coefficient (Wildman–Crippen LogP) is 3.43. The molecule has 0 aromatic heterocycles. The minimum absolute atomic E-state index is 0.630. The molecule has 0 aliphatic heterocycles. The van der Waals surface area contributed by atoms with E-state index in [0.717, 1.165) is 10.0 Å². The first-order valence-corrected chi connectivity index (χ1v) is 4.85. The van der Waals surface area contributed by atoms with Crippen molar-refractivity contribution in [2.45, 2.75) is 6.92 Å². The maximum Gasteiger partial charge on any atom is 0.175 e. The molecule has 1 aromatic carbocycles. The molecule has 0 fully saturated rings. The van der Waals surface area contributed by atoms with Gasteiger partial charge in [-0.1, -0.05) is 11.6 Å². The predicted molar refractivity (Wildman–Crippen MR) is 57.0 cm³/mol. The van der Waals surface area contributed by atoms with E-state index in [4.69, 9.17) is 21.1 Å².